The minimum absolute atomic E-state index is 0.0357. The highest BCUT2D eigenvalue weighted by atomic mass is 35.5. The molecule has 112 valence electrons. The van der Waals surface area contributed by atoms with Crippen LogP contribution in [0.25, 0.3) is 0 Å². The first kappa shape index (κ1) is 17.0. The number of rotatable bonds is 7. The number of nitrogens with two attached hydrogens (primary N) is 1. The maximum atomic E-state index is 12.1. The molecular weight excluding hydrogens is 272 g/mol. The van der Waals surface area contributed by atoms with E-state index in [0.717, 1.165) is 12.0 Å². The second kappa shape index (κ2) is 8.28. The number of amides is 1. The number of carbonyl (C=O) groups excluding carboxylic acids is 1. The van der Waals surface area contributed by atoms with Gasteiger partial charge in [-0.1, -0.05) is 43.6 Å². The van der Waals surface area contributed by atoms with E-state index in [1.807, 2.05) is 31.2 Å². The van der Waals surface area contributed by atoms with E-state index >= 15 is 0 Å². The second-order valence-corrected chi connectivity index (χ2v) is 6.15. The van der Waals surface area contributed by atoms with E-state index in [9.17, 15) is 4.79 Å². The zero-order valence-corrected chi connectivity index (χ0v) is 13.3. The normalized spacial score (nSPS) is 14.1. The lowest BCUT2D eigenvalue weighted by molar-refractivity contribution is -0.122. The van der Waals surface area contributed by atoms with Crippen LogP contribution in [0.15, 0.2) is 24.3 Å². The fraction of sp³-hybridized carbons (Fsp3) is 0.562. The third kappa shape index (κ3) is 5.51. The van der Waals surface area contributed by atoms with Crippen molar-refractivity contribution in [2.45, 2.75) is 39.7 Å². The van der Waals surface area contributed by atoms with Crippen molar-refractivity contribution in [3.8, 4) is 0 Å². The molecule has 0 heterocycles. The van der Waals surface area contributed by atoms with Gasteiger partial charge in [-0.25, -0.2) is 0 Å². The molecule has 3 nitrogen and oxygen atoms in total. The molecule has 3 N–H and O–H groups in total. The van der Waals surface area contributed by atoms with E-state index in [0.29, 0.717) is 23.9 Å². The summed E-state index contributed by atoms with van der Waals surface area (Å²) in [5, 5.41) is 3.67. The monoisotopic (exact) mass is 296 g/mol. The highest BCUT2D eigenvalue weighted by Gasteiger charge is 2.17. The Morgan fingerprint density at radius 3 is 2.50 bits per heavy atom. The molecule has 0 aliphatic carbocycles. The highest BCUT2D eigenvalue weighted by molar-refractivity contribution is 6.31. The van der Waals surface area contributed by atoms with E-state index in [4.69, 9.17) is 17.3 Å². The van der Waals surface area contributed by atoms with Gasteiger partial charge in [-0.2, -0.15) is 0 Å². The molecule has 0 radical (unpaired) electrons. The predicted molar refractivity (Wildman–Crippen MR) is 84.6 cm³/mol. The Balaban J connectivity index is 2.55. The number of hydrogen-bond acceptors (Lipinski definition) is 2. The Morgan fingerprint density at radius 2 is 1.95 bits per heavy atom. The predicted octanol–water partition coefficient (Wildman–Crippen LogP) is 3.53. The highest BCUT2D eigenvalue weighted by Crippen LogP contribution is 2.22. The zero-order valence-electron chi connectivity index (χ0n) is 12.5. The van der Waals surface area contributed by atoms with Gasteiger partial charge in [0.1, 0.15) is 0 Å². The molecule has 0 spiro atoms. The molecule has 2 atom stereocenters. The summed E-state index contributed by atoms with van der Waals surface area (Å²) in [5.74, 6) is 0.833. The van der Waals surface area contributed by atoms with Crippen LogP contribution in [-0.2, 0) is 4.79 Å². The van der Waals surface area contributed by atoms with Gasteiger partial charge in [0.15, 0.2) is 0 Å². The van der Waals surface area contributed by atoms with Crippen LogP contribution in [0.3, 0.4) is 0 Å². The first-order chi connectivity index (χ1) is 9.43. The lowest BCUT2D eigenvalue weighted by atomic mass is 9.94. The van der Waals surface area contributed by atoms with E-state index in [1.54, 1.807) is 0 Å². The smallest absolute Gasteiger partial charge is 0.220 e. The summed E-state index contributed by atoms with van der Waals surface area (Å²) in [5.41, 5.74) is 6.67. The van der Waals surface area contributed by atoms with E-state index in [1.165, 1.54) is 0 Å². The third-order valence-electron chi connectivity index (χ3n) is 3.36. The molecule has 1 amide bonds. The largest absolute Gasteiger partial charge is 0.350 e. The molecule has 20 heavy (non-hydrogen) atoms. The SMILES string of the molecule is CC(C)C[C@H](CN)CC(=O)N[C@H](C)c1ccccc1Cl. The van der Waals surface area contributed by atoms with Crippen molar-refractivity contribution < 1.29 is 4.79 Å². The number of halogens is 1. The topological polar surface area (TPSA) is 55.1 Å². The summed E-state index contributed by atoms with van der Waals surface area (Å²) >= 11 is 6.13. The van der Waals surface area contributed by atoms with Crippen molar-refractivity contribution in [3.63, 3.8) is 0 Å². The fourth-order valence-corrected chi connectivity index (χ4v) is 2.70. The molecule has 0 aliphatic heterocycles. The van der Waals surface area contributed by atoms with Crippen LogP contribution < -0.4 is 11.1 Å². The molecule has 1 aromatic rings. The molecule has 0 aliphatic rings. The van der Waals surface area contributed by atoms with Crippen molar-refractivity contribution in [1.29, 1.82) is 0 Å². The number of nitrogens with one attached hydrogen (secondary N) is 1. The van der Waals surface area contributed by atoms with Gasteiger partial charge >= 0.3 is 0 Å². The van der Waals surface area contributed by atoms with Gasteiger partial charge in [0.25, 0.3) is 0 Å². The lowest BCUT2D eigenvalue weighted by Crippen LogP contribution is -2.30. The Bertz CT molecular complexity index is 434. The molecule has 1 rings (SSSR count). The molecular formula is C16H25ClN2O. The summed E-state index contributed by atoms with van der Waals surface area (Å²) < 4.78 is 0. The van der Waals surface area contributed by atoms with Crippen LogP contribution in [-0.4, -0.2) is 12.5 Å². The summed E-state index contributed by atoms with van der Waals surface area (Å²) in [7, 11) is 0. The number of benzene rings is 1. The first-order valence-corrected chi connectivity index (χ1v) is 7.55. The van der Waals surface area contributed by atoms with E-state index < -0.39 is 0 Å². The Hall–Kier alpha value is -1.06. The zero-order chi connectivity index (χ0) is 15.1. The minimum atomic E-state index is -0.0892. The minimum Gasteiger partial charge on any atom is -0.350 e. The van der Waals surface area contributed by atoms with Gasteiger partial charge in [-0.05, 0) is 43.4 Å². The van der Waals surface area contributed by atoms with E-state index in [-0.39, 0.29) is 17.9 Å². The van der Waals surface area contributed by atoms with Gasteiger partial charge in [0.2, 0.25) is 5.91 Å². The van der Waals surface area contributed by atoms with Crippen LogP contribution in [0.5, 0.6) is 0 Å². The lowest BCUT2D eigenvalue weighted by Gasteiger charge is -2.20. The van der Waals surface area contributed by atoms with Crippen LogP contribution in [0.1, 0.15) is 45.2 Å². The van der Waals surface area contributed by atoms with Gasteiger partial charge in [-0.3, -0.25) is 4.79 Å². The molecule has 0 aromatic heterocycles. The van der Waals surface area contributed by atoms with E-state index in [2.05, 4.69) is 19.2 Å². The molecule has 0 unspecified atom stereocenters. The molecule has 0 bridgehead atoms. The summed E-state index contributed by atoms with van der Waals surface area (Å²) in [6.07, 6.45) is 1.45. The Kier molecular flexibility index (Phi) is 7.03. The third-order valence-corrected chi connectivity index (χ3v) is 3.71. The Labute approximate surface area is 126 Å². The maximum absolute atomic E-state index is 12.1. The molecule has 1 aromatic carbocycles. The standard InChI is InChI=1S/C16H25ClN2O/c1-11(2)8-13(10-18)9-16(20)19-12(3)14-6-4-5-7-15(14)17/h4-7,11-13H,8-10,18H2,1-3H3,(H,19,20)/t12-,13+/m1/s1. The van der Waals surface area contributed by atoms with Crippen molar-refractivity contribution in [3.05, 3.63) is 34.9 Å². The van der Waals surface area contributed by atoms with Gasteiger partial charge in [0.05, 0.1) is 6.04 Å². The van der Waals surface area contributed by atoms with Crippen molar-refractivity contribution in [2.24, 2.45) is 17.6 Å². The van der Waals surface area contributed by atoms with Gasteiger partial charge in [0, 0.05) is 11.4 Å². The maximum Gasteiger partial charge on any atom is 0.220 e. The van der Waals surface area contributed by atoms with Crippen LogP contribution in [0, 0.1) is 11.8 Å². The molecule has 4 heteroatoms. The summed E-state index contributed by atoms with van der Waals surface area (Å²) in [4.78, 5) is 12.1. The quantitative estimate of drug-likeness (QED) is 0.809. The molecule has 0 saturated heterocycles. The van der Waals surface area contributed by atoms with Crippen molar-refractivity contribution in [1.82, 2.24) is 5.32 Å². The average Bonchev–Trinajstić information content (AvgIpc) is 2.37. The van der Waals surface area contributed by atoms with Crippen molar-refractivity contribution >= 4 is 17.5 Å². The second-order valence-electron chi connectivity index (χ2n) is 5.75. The van der Waals surface area contributed by atoms with Gasteiger partial charge < -0.3 is 11.1 Å². The summed E-state index contributed by atoms with van der Waals surface area (Å²) in [6, 6.07) is 7.48. The van der Waals surface area contributed by atoms with Crippen LogP contribution in [0.4, 0.5) is 0 Å². The van der Waals surface area contributed by atoms with Gasteiger partial charge in [-0.15, -0.1) is 0 Å². The molecule has 0 fully saturated rings. The summed E-state index contributed by atoms with van der Waals surface area (Å²) in [6.45, 7) is 6.78. The number of carbonyl (C=O) groups is 1. The first-order valence-electron chi connectivity index (χ1n) is 7.17. The van der Waals surface area contributed by atoms with Crippen LogP contribution in [0.2, 0.25) is 5.02 Å². The fourth-order valence-electron chi connectivity index (χ4n) is 2.40. The average molecular weight is 297 g/mol. The Morgan fingerprint density at radius 1 is 1.30 bits per heavy atom. The van der Waals surface area contributed by atoms with Crippen LogP contribution >= 0.6 is 11.6 Å². The molecule has 0 saturated carbocycles. The number of hydrogen-bond donors (Lipinski definition) is 2. The van der Waals surface area contributed by atoms with Crippen molar-refractivity contribution in [2.75, 3.05) is 6.54 Å².